The number of aromatic nitrogens is 2. The van der Waals surface area contributed by atoms with E-state index in [9.17, 15) is 9.59 Å². The first kappa shape index (κ1) is 20.6. The summed E-state index contributed by atoms with van der Waals surface area (Å²) in [5, 5.41) is 0. The summed E-state index contributed by atoms with van der Waals surface area (Å²) < 4.78 is 16.2. The summed E-state index contributed by atoms with van der Waals surface area (Å²) >= 11 is 0. The lowest BCUT2D eigenvalue weighted by Crippen LogP contribution is -2.31. The smallest absolute Gasteiger partial charge is 0.338 e. The second-order valence-electron chi connectivity index (χ2n) is 7.24. The van der Waals surface area contributed by atoms with Crippen molar-refractivity contribution in [2.45, 2.75) is 39.7 Å². The Balaban J connectivity index is 1.79. The molecule has 0 atom stereocenters. The molecule has 1 aromatic heterocycles. The molecule has 0 N–H and O–H groups in total. The van der Waals surface area contributed by atoms with Gasteiger partial charge in [0, 0.05) is 19.5 Å². The van der Waals surface area contributed by atoms with Gasteiger partial charge in [-0.3, -0.25) is 9.69 Å². The zero-order valence-corrected chi connectivity index (χ0v) is 17.0. The highest BCUT2D eigenvalue weighted by Crippen LogP contribution is 2.31. The molecule has 1 aromatic carbocycles. The van der Waals surface area contributed by atoms with Crippen LogP contribution in [0.1, 0.15) is 44.0 Å². The van der Waals surface area contributed by atoms with Crippen LogP contribution < -0.4 is 14.4 Å². The summed E-state index contributed by atoms with van der Waals surface area (Å²) in [4.78, 5) is 34.0. The van der Waals surface area contributed by atoms with Gasteiger partial charge in [-0.25, -0.2) is 14.8 Å². The minimum Gasteiger partial charge on any atom is -0.491 e. The third-order valence-electron chi connectivity index (χ3n) is 4.30. The van der Waals surface area contributed by atoms with E-state index in [-0.39, 0.29) is 17.9 Å². The molecule has 8 nitrogen and oxygen atoms in total. The Kier molecular flexibility index (Phi) is 6.31. The summed E-state index contributed by atoms with van der Waals surface area (Å²) in [5.41, 5.74) is 0.303. The van der Waals surface area contributed by atoms with Gasteiger partial charge in [-0.2, -0.15) is 0 Å². The lowest BCUT2D eigenvalue weighted by molar-refractivity contribution is -0.116. The topological polar surface area (TPSA) is 90.9 Å². The number of methoxy groups -OCH3 is 1. The molecule has 0 aliphatic heterocycles. The van der Waals surface area contributed by atoms with Gasteiger partial charge in [0.1, 0.15) is 11.5 Å². The van der Waals surface area contributed by atoms with Gasteiger partial charge in [0.15, 0.2) is 5.82 Å². The Morgan fingerprint density at radius 2 is 1.86 bits per heavy atom. The Bertz CT molecular complexity index is 878. The standard InChI is InChI=1S/C21H25N3O5/c1-13(2)28-17-7-16(21(26)27-4)8-18(9-17)29-20-11-22-19(10-23-20)24(14(3)25)12-15-5-6-15/h7-11,13,15H,5-6,12H2,1-4H3. The summed E-state index contributed by atoms with van der Waals surface area (Å²) in [7, 11) is 1.31. The molecular formula is C21H25N3O5. The Labute approximate surface area is 169 Å². The van der Waals surface area contributed by atoms with E-state index in [0.29, 0.717) is 35.3 Å². The number of rotatable bonds is 8. The molecule has 1 fully saturated rings. The number of carbonyl (C=O) groups excluding carboxylic acids is 2. The number of hydrogen-bond acceptors (Lipinski definition) is 7. The molecule has 0 radical (unpaired) electrons. The van der Waals surface area contributed by atoms with Crippen LogP contribution in [0.5, 0.6) is 17.4 Å². The van der Waals surface area contributed by atoms with Gasteiger partial charge in [-0.1, -0.05) is 0 Å². The predicted octanol–water partition coefficient (Wildman–Crippen LogP) is 3.61. The summed E-state index contributed by atoms with van der Waals surface area (Å²) in [6, 6.07) is 4.80. The van der Waals surface area contributed by atoms with Gasteiger partial charge < -0.3 is 14.2 Å². The Morgan fingerprint density at radius 1 is 1.14 bits per heavy atom. The van der Waals surface area contributed by atoms with Crippen molar-refractivity contribution in [1.29, 1.82) is 0 Å². The molecule has 0 saturated heterocycles. The van der Waals surface area contributed by atoms with Gasteiger partial charge >= 0.3 is 5.97 Å². The van der Waals surface area contributed by atoms with Gasteiger partial charge in [0.2, 0.25) is 11.8 Å². The van der Waals surface area contributed by atoms with Crippen LogP contribution in [0.25, 0.3) is 0 Å². The number of carbonyl (C=O) groups is 2. The molecule has 0 spiro atoms. The van der Waals surface area contributed by atoms with Crippen molar-refractivity contribution >= 4 is 17.7 Å². The van der Waals surface area contributed by atoms with Gasteiger partial charge in [-0.15, -0.1) is 0 Å². The number of anilines is 1. The van der Waals surface area contributed by atoms with E-state index in [4.69, 9.17) is 14.2 Å². The van der Waals surface area contributed by atoms with E-state index >= 15 is 0 Å². The molecule has 2 aromatic rings. The van der Waals surface area contributed by atoms with Crippen LogP contribution in [-0.2, 0) is 9.53 Å². The van der Waals surface area contributed by atoms with Crippen LogP contribution in [0, 0.1) is 5.92 Å². The number of nitrogens with zero attached hydrogens (tertiary/aromatic N) is 3. The number of hydrogen-bond donors (Lipinski definition) is 0. The van der Waals surface area contributed by atoms with Crippen LogP contribution in [0.3, 0.4) is 0 Å². The fourth-order valence-electron chi connectivity index (χ4n) is 2.77. The van der Waals surface area contributed by atoms with Crippen LogP contribution in [0.2, 0.25) is 0 Å². The lowest BCUT2D eigenvalue weighted by Gasteiger charge is -2.19. The van der Waals surface area contributed by atoms with Crippen molar-refractivity contribution in [3.8, 4) is 17.4 Å². The highest BCUT2D eigenvalue weighted by molar-refractivity contribution is 5.91. The molecule has 0 bridgehead atoms. The van der Waals surface area contributed by atoms with E-state index in [2.05, 4.69) is 9.97 Å². The monoisotopic (exact) mass is 399 g/mol. The number of ether oxygens (including phenoxy) is 3. The van der Waals surface area contributed by atoms with Gasteiger partial charge in [0.25, 0.3) is 0 Å². The largest absolute Gasteiger partial charge is 0.491 e. The minimum absolute atomic E-state index is 0.0684. The first-order valence-electron chi connectivity index (χ1n) is 9.53. The van der Waals surface area contributed by atoms with Crippen LogP contribution in [0.15, 0.2) is 30.6 Å². The molecule has 0 unspecified atom stereocenters. The van der Waals surface area contributed by atoms with Crippen molar-refractivity contribution in [3.63, 3.8) is 0 Å². The Hall–Kier alpha value is -3.16. The highest BCUT2D eigenvalue weighted by Gasteiger charge is 2.27. The lowest BCUT2D eigenvalue weighted by atomic mass is 10.2. The van der Waals surface area contributed by atoms with Crippen molar-refractivity contribution in [2.24, 2.45) is 5.92 Å². The molecule has 1 amide bonds. The quantitative estimate of drug-likeness (QED) is 0.626. The summed E-state index contributed by atoms with van der Waals surface area (Å²) in [6.07, 6.45) is 5.16. The van der Waals surface area contributed by atoms with E-state index in [1.165, 1.54) is 26.4 Å². The molecule has 8 heteroatoms. The molecule has 1 saturated carbocycles. The van der Waals surface area contributed by atoms with E-state index in [1.54, 1.807) is 23.1 Å². The fourth-order valence-corrected chi connectivity index (χ4v) is 2.77. The molecule has 154 valence electrons. The minimum atomic E-state index is -0.498. The molecule has 3 rings (SSSR count). The van der Waals surface area contributed by atoms with Crippen molar-refractivity contribution in [3.05, 3.63) is 36.2 Å². The highest BCUT2D eigenvalue weighted by atomic mass is 16.5. The molecule has 1 heterocycles. The maximum absolute atomic E-state index is 11.9. The number of benzene rings is 1. The average Bonchev–Trinajstić information content (AvgIpc) is 3.49. The van der Waals surface area contributed by atoms with Crippen molar-refractivity contribution in [1.82, 2.24) is 9.97 Å². The maximum Gasteiger partial charge on any atom is 0.338 e. The molecule has 1 aliphatic carbocycles. The Morgan fingerprint density at radius 3 is 2.41 bits per heavy atom. The number of amides is 1. The van der Waals surface area contributed by atoms with E-state index in [1.807, 2.05) is 13.8 Å². The number of esters is 1. The molecular weight excluding hydrogens is 374 g/mol. The second kappa shape index (κ2) is 8.89. The van der Waals surface area contributed by atoms with Crippen molar-refractivity contribution in [2.75, 3.05) is 18.6 Å². The normalized spacial score (nSPS) is 13.1. The predicted molar refractivity (Wildman–Crippen MR) is 106 cm³/mol. The van der Waals surface area contributed by atoms with Gasteiger partial charge in [0.05, 0.1) is 31.2 Å². The van der Waals surface area contributed by atoms with Crippen LogP contribution in [-0.4, -0.2) is 41.6 Å². The average molecular weight is 399 g/mol. The van der Waals surface area contributed by atoms with Crippen LogP contribution >= 0.6 is 0 Å². The van der Waals surface area contributed by atoms with Crippen molar-refractivity contribution < 1.29 is 23.8 Å². The summed E-state index contributed by atoms with van der Waals surface area (Å²) in [5.74, 6) is 1.55. The first-order valence-corrected chi connectivity index (χ1v) is 9.53. The molecule has 29 heavy (non-hydrogen) atoms. The van der Waals surface area contributed by atoms with E-state index < -0.39 is 5.97 Å². The third kappa shape index (κ3) is 5.66. The third-order valence-corrected chi connectivity index (χ3v) is 4.30. The zero-order valence-electron chi connectivity index (χ0n) is 17.0. The maximum atomic E-state index is 11.9. The molecule has 1 aliphatic rings. The first-order chi connectivity index (χ1) is 13.9. The fraction of sp³-hybridized carbons (Fsp3) is 0.429. The summed E-state index contributed by atoms with van der Waals surface area (Å²) in [6.45, 7) is 5.94. The zero-order chi connectivity index (χ0) is 21.0. The van der Waals surface area contributed by atoms with Gasteiger partial charge in [-0.05, 0) is 44.7 Å². The van der Waals surface area contributed by atoms with Crippen LogP contribution in [0.4, 0.5) is 5.82 Å². The van der Waals surface area contributed by atoms with E-state index in [0.717, 1.165) is 12.8 Å². The second-order valence-corrected chi connectivity index (χ2v) is 7.24. The SMILES string of the molecule is COC(=O)c1cc(Oc2cnc(N(CC3CC3)C(C)=O)cn2)cc(OC(C)C)c1.